The SMILES string of the molecule is CCCCCCCCCC/C=C/C(O)C(COC1OC(CO)C(OC2OC(CO)C(O)C(O)C2O)C(O)C1O)NC(=O)CCC. The number of carbonyl (C=O) groups excluding carboxylic acids is 1. The van der Waals surface area contributed by atoms with Gasteiger partial charge in [-0.3, -0.25) is 4.79 Å². The van der Waals surface area contributed by atoms with Crippen molar-refractivity contribution in [2.45, 2.75) is 158 Å². The fourth-order valence-corrected chi connectivity index (χ4v) is 5.39. The Bertz CT molecular complexity index is 831. The van der Waals surface area contributed by atoms with Crippen molar-refractivity contribution in [3.8, 4) is 0 Å². The van der Waals surface area contributed by atoms with Crippen LogP contribution in [-0.2, 0) is 23.7 Å². The van der Waals surface area contributed by atoms with Crippen molar-refractivity contribution < 1.29 is 64.6 Å². The number of unbranched alkanes of at least 4 members (excludes halogenated alkanes) is 8. The number of ether oxygens (including phenoxy) is 4. The van der Waals surface area contributed by atoms with Gasteiger partial charge in [-0.05, 0) is 19.3 Å². The van der Waals surface area contributed by atoms with E-state index in [1.54, 1.807) is 6.08 Å². The lowest BCUT2D eigenvalue weighted by molar-refractivity contribution is -0.359. The van der Waals surface area contributed by atoms with Crippen LogP contribution < -0.4 is 5.32 Å². The Morgan fingerprint density at radius 2 is 1.38 bits per heavy atom. The molecule has 264 valence electrons. The maximum atomic E-state index is 12.4. The summed E-state index contributed by atoms with van der Waals surface area (Å²) in [6, 6.07) is -0.900. The molecule has 12 unspecified atom stereocenters. The van der Waals surface area contributed by atoms with E-state index in [2.05, 4.69) is 12.2 Å². The minimum Gasteiger partial charge on any atom is -0.394 e. The molecule has 14 heteroatoms. The zero-order valence-corrected chi connectivity index (χ0v) is 26.6. The first kappa shape index (κ1) is 39.9. The molecule has 45 heavy (non-hydrogen) atoms. The van der Waals surface area contributed by atoms with Crippen LogP contribution >= 0.6 is 0 Å². The second-order valence-electron chi connectivity index (χ2n) is 11.9. The molecule has 2 saturated heterocycles. The Morgan fingerprint density at radius 1 is 0.778 bits per heavy atom. The number of hydrogen-bond donors (Lipinski definition) is 9. The van der Waals surface area contributed by atoms with Crippen LogP contribution in [0.5, 0.6) is 0 Å². The first-order valence-electron chi connectivity index (χ1n) is 16.4. The van der Waals surface area contributed by atoms with E-state index in [4.69, 9.17) is 18.9 Å². The maximum Gasteiger partial charge on any atom is 0.220 e. The number of carbonyl (C=O) groups is 1. The Balaban J connectivity index is 1.96. The van der Waals surface area contributed by atoms with Gasteiger partial charge in [-0.2, -0.15) is 0 Å². The maximum absolute atomic E-state index is 12.4. The molecular formula is C31H57NO13. The third kappa shape index (κ3) is 12.7. The molecule has 0 aromatic heterocycles. The summed E-state index contributed by atoms with van der Waals surface area (Å²) in [5.41, 5.74) is 0. The summed E-state index contributed by atoms with van der Waals surface area (Å²) in [6.45, 7) is 2.32. The Kier molecular flexibility index (Phi) is 19.1. The molecule has 0 radical (unpaired) electrons. The van der Waals surface area contributed by atoms with E-state index in [0.29, 0.717) is 6.42 Å². The molecule has 2 rings (SSSR count). The molecule has 2 aliphatic rings. The third-order valence-electron chi connectivity index (χ3n) is 8.19. The number of allylic oxidation sites excluding steroid dienone is 1. The standard InChI is InChI=1S/C31H57NO13/c1-3-5-6-7-8-9-10-11-12-13-15-20(35)19(32-23(36)14-4-2)18-42-30-28(41)26(39)29(22(17-34)44-30)45-31-27(40)25(38)24(37)21(16-33)43-31/h13,15,19-22,24-31,33-35,37-41H,3-12,14,16-18H2,1-2H3,(H,32,36)/b15-13+. The zero-order valence-electron chi connectivity index (χ0n) is 26.6. The molecule has 2 aliphatic heterocycles. The van der Waals surface area contributed by atoms with Gasteiger partial charge in [0.25, 0.3) is 0 Å². The van der Waals surface area contributed by atoms with Gasteiger partial charge in [0.1, 0.15) is 48.8 Å². The summed E-state index contributed by atoms with van der Waals surface area (Å²) in [5, 5.41) is 84.9. The van der Waals surface area contributed by atoms with Crippen LogP contribution in [0.1, 0.15) is 84.5 Å². The van der Waals surface area contributed by atoms with Crippen molar-refractivity contribution in [1.82, 2.24) is 5.32 Å². The van der Waals surface area contributed by atoms with E-state index >= 15 is 0 Å². The van der Waals surface area contributed by atoms with Crippen LogP contribution in [0.15, 0.2) is 12.2 Å². The first-order chi connectivity index (χ1) is 21.6. The van der Waals surface area contributed by atoms with E-state index < -0.39 is 86.8 Å². The summed E-state index contributed by atoms with van der Waals surface area (Å²) < 4.78 is 22.2. The van der Waals surface area contributed by atoms with Gasteiger partial charge in [0.15, 0.2) is 12.6 Å². The number of aliphatic hydroxyl groups is 8. The zero-order chi connectivity index (χ0) is 33.4. The van der Waals surface area contributed by atoms with Crippen molar-refractivity contribution in [1.29, 1.82) is 0 Å². The van der Waals surface area contributed by atoms with E-state index in [1.165, 1.54) is 38.5 Å². The topological polar surface area (TPSA) is 228 Å². The van der Waals surface area contributed by atoms with Gasteiger partial charge in [-0.15, -0.1) is 0 Å². The van der Waals surface area contributed by atoms with Crippen molar-refractivity contribution in [3.63, 3.8) is 0 Å². The van der Waals surface area contributed by atoms with Crippen molar-refractivity contribution >= 4 is 5.91 Å². The summed E-state index contributed by atoms with van der Waals surface area (Å²) in [6.07, 6.45) is -2.38. The fourth-order valence-electron chi connectivity index (χ4n) is 5.39. The number of aliphatic hydroxyl groups excluding tert-OH is 8. The molecule has 14 nitrogen and oxygen atoms in total. The lowest BCUT2D eigenvalue weighted by atomic mass is 9.97. The molecule has 0 bridgehead atoms. The first-order valence-corrected chi connectivity index (χ1v) is 16.4. The summed E-state index contributed by atoms with van der Waals surface area (Å²) in [7, 11) is 0. The van der Waals surface area contributed by atoms with Gasteiger partial charge < -0.3 is 65.1 Å². The molecule has 1 amide bonds. The van der Waals surface area contributed by atoms with E-state index in [1.807, 2.05) is 13.0 Å². The highest BCUT2D eigenvalue weighted by Crippen LogP contribution is 2.29. The van der Waals surface area contributed by atoms with Gasteiger partial charge in [0.05, 0.1) is 32.0 Å². The number of amides is 1. The Morgan fingerprint density at radius 3 is 2.00 bits per heavy atom. The van der Waals surface area contributed by atoms with Crippen LogP contribution in [0.4, 0.5) is 0 Å². The molecule has 0 aliphatic carbocycles. The largest absolute Gasteiger partial charge is 0.394 e. The molecule has 0 saturated carbocycles. The lowest BCUT2D eigenvalue weighted by Crippen LogP contribution is -2.65. The van der Waals surface area contributed by atoms with Gasteiger partial charge in [0, 0.05) is 6.42 Å². The van der Waals surface area contributed by atoms with E-state index in [-0.39, 0.29) is 18.9 Å². The quantitative estimate of drug-likeness (QED) is 0.0557. The predicted octanol–water partition coefficient (Wildman–Crippen LogP) is -0.640. The van der Waals surface area contributed by atoms with Crippen molar-refractivity contribution in [2.24, 2.45) is 0 Å². The second-order valence-corrected chi connectivity index (χ2v) is 11.9. The van der Waals surface area contributed by atoms with Crippen molar-refractivity contribution in [3.05, 3.63) is 12.2 Å². The highest BCUT2D eigenvalue weighted by Gasteiger charge is 2.50. The van der Waals surface area contributed by atoms with Crippen molar-refractivity contribution in [2.75, 3.05) is 19.8 Å². The van der Waals surface area contributed by atoms with Crippen LogP contribution in [0.2, 0.25) is 0 Å². The molecular weight excluding hydrogens is 594 g/mol. The molecule has 0 spiro atoms. The lowest BCUT2D eigenvalue weighted by Gasteiger charge is -2.46. The predicted molar refractivity (Wildman–Crippen MR) is 162 cm³/mol. The van der Waals surface area contributed by atoms with E-state index in [0.717, 1.165) is 19.3 Å². The van der Waals surface area contributed by atoms with Crippen LogP contribution in [0.25, 0.3) is 0 Å². The molecule has 2 fully saturated rings. The molecule has 12 atom stereocenters. The van der Waals surface area contributed by atoms with Gasteiger partial charge in [-0.1, -0.05) is 70.9 Å². The molecule has 9 N–H and O–H groups in total. The summed E-state index contributed by atoms with van der Waals surface area (Å²) in [5.74, 6) is -0.298. The average Bonchev–Trinajstić information content (AvgIpc) is 3.03. The van der Waals surface area contributed by atoms with E-state index in [9.17, 15) is 45.6 Å². The van der Waals surface area contributed by atoms with Crippen LogP contribution in [0.3, 0.4) is 0 Å². The van der Waals surface area contributed by atoms with Gasteiger partial charge in [0.2, 0.25) is 5.91 Å². The molecule has 0 aromatic rings. The van der Waals surface area contributed by atoms with Gasteiger partial charge in [-0.25, -0.2) is 0 Å². The second kappa shape index (κ2) is 21.6. The van der Waals surface area contributed by atoms with Crippen LogP contribution in [-0.4, -0.2) is 140 Å². The molecule has 0 aromatic carbocycles. The fraction of sp³-hybridized carbons (Fsp3) is 0.903. The number of rotatable bonds is 21. The number of hydrogen-bond acceptors (Lipinski definition) is 13. The smallest absolute Gasteiger partial charge is 0.220 e. The summed E-state index contributed by atoms with van der Waals surface area (Å²) >= 11 is 0. The highest BCUT2D eigenvalue weighted by molar-refractivity contribution is 5.76. The minimum atomic E-state index is -1.78. The average molecular weight is 652 g/mol. The van der Waals surface area contributed by atoms with Crippen LogP contribution in [0, 0.1) is 0 Å². The number of nitrogens with one attached hydrogen (secondary N) is 1. The Hall–Kier alpha value is -1.27. The third-order valence-corrected chi connectivity index (χ3v) is 8.19. The highest BCUT2D eigenvalue weighted by atomic mass is 16.7. The summed E-state index contributed by atoms with van der Waals surface area (Å²) in [4.78, 5) is 12.4. The normalized spacial score (nSPS) is 33.7. The van der Waals surface area contributed by atoms with Gasteiger partial charge >= 0.3 is 0 Å². The minimum absolute atomic E-state index is 0.232. The molecule has 2 heterocycles. The Labute approximate surface area is 266 Å². The monoisotopic (exact) mass is 651 g/mol.